The van der Waals surface area contributed by atoms with Crippen molar-refractivity contribution in [2.45, 2.75) is 63.8 Å². The molecule has 0 aliphatic carbocycles. The van der Waals surface area contributed by atoms with Crippen molar-refractivity contribution in [3.63, 3.8) is 0 Å². The van der Waals surface area contributed by atoms with Gasteiger partial charge in [-0.1, -0.05) is 26.0 Å². The molecule has 11 nitrogen and oxygen atoms in total. The predicted octanol–water partition coefficient (Wildman–Crippen LogP) is 4.55. The summed E-state index contributed by atoms with van der Waals surface area (Å²) in [6.07, 6.45) is -5.71. The first-order chi connectivity index (χ1) is 20.5. The molecule has 0 unspecified atom stereocenters. The first-order valence-corrected chi connectivity index (χ1v) is 13.5. The van der Waals surface area contributed by atoms with Gasteiger partial charge in [0.25, 0.3) is 5.95 Å². The number of carboxylic acids is 2. The smallest absolute Gasteiger partial charge is 0.475 e. The van der Waals surface area contributed by atoms with Crippen LogP contribution in [0.2, 0.25) is 0 Å². The van der Waals surface area contributed by atoms with Gasteiger partial charge in [-0.3, -0.25) is 0 Å². The number of nitrogens with one attached hydrogen (secondary N) is 1. The Morgan fingerprint density at radius 1 is 1.09 bits per heavy atom. The van der Waals surface area contributed by atoms with Crippen LogP contribution >= 0.6 is 0 Å². The Morgan fingerprint density at radius 3 is 2.27 bits per heavy atom. The maximum absolute atomic E-state index is 14.6. The van der Waals surface area contributed by atoms with Gasteiger partial charge in [0.2, 0.25) is 5.89 Å². The van der Waals surface area contributed by atoms with E-state index in [-0.39, 0.29) is 11.7 Å². The number of para-hydroxylation sites is 1. The third-order valence-electron chi connectivity index (χ3n) is 6.84. The van der Waals surface area contributed by atoms with Gasteiger partial charge in [0.15, 0.2) is 0 Å². The molecule has 2 saturated heterocycles. The summed E-state index contributed by atoms with van der Waals surface area (Å²) in [7, 11) is 0. The number of carboxylic acid groups (broad SMARTS) is 2. The van der Waals surface area contributed by atoms with Crippen LogP contribution in [0.15, 0.2) is 22.7 Å². The lowest BCUT2D eigenvalue weighted by molar-refractivity contribution is -0.193. The summed E-state index contributed by atoms with van der Waals surface area (Å²) in [5, 5.41) is 27.3. The number of nitrogens with zero attached hydrogens (tertiary/aromatic N) is 5. The Hall–Kier alpha value is -3.80. The van der Waals surface area contributed by atoms with E-state index in [0.717, 1.165) is 50.1 Å². The van der Waals surface area contributed by atoms with Crippen molar-refractivity contribution in [3.8, 4) is 5.95 Å². The van der Waals surface area contributed by atoms with Gasteiger partial charge in [-0.05, 0) is 55.4 Å². The van der Waals surface area contributed by atoms with E-state index in [1.54, 1.807) is 6.07 Å². The molecule has 1 aromatic carbocycles. The van der Waals surface area contributed by atoms with Gasteiger partial charge < -0.3 is 25.0 Å². The molecule has 2 aliphatic heterocycles. The van der Waals surface area contributed by atoms with E-state index in [9.17, 15) is 30.7 Å². The maximum atomic E-state index is 14.6. The molecule has 0 spiro atoms. The molecule has 244 valence electrons. The van der Waals surface area contributed by atoms with Crippen LogP contribution in [0.25, 0.3) is 16.9 Å². The number of hydrogen-bond acceptors (Lipinski definition) is 8. The van der Waals surface area contributed by atoms with Crippen molar-refractivity contribution in [2.24, 2.45) is 5.92 Å². The highest BCUT2D eigenvalue weighted by molar-refractivity contribution is 5.84. The molecule has 18 heteroatoms. The highest BCUT2D eigenvalue weighted by atomic mass is 19.4. The highest BCUT2D eigenvalue weighted by Crippen LogP contribution is 2.29. The Morgan fingerprint density at radius 2 is 1.73 bits per heavy atom. The number of aliphatic carboxylic acids is 2. The highest BCUT2D eigenvalue weighted by Gasteiger charge is 2.39. The van der Waals surface area contributed by atoms with E-state index in [2.05, 4.69) is 25.5 Å². The van der Waals surface area contributed by atoms with Gasteiger partial charge in [0, 0.05) is 30.9 Å². The van der Waals surface area contributed by atoms with Crippen molar-refractivity contribution in [3.05, 3.63) is 35.6 Å². The van der Waals surface area contributed by atoms with Crippen LogP contribution in [0.1, 0.15) is 50.6 Å². The normalized spacial score (nSPS) is 19.0. The zero-order valence-electron chi connectivity index (χ0n) is 23.6. The van der Waals surface area contributed by atoms with E-state index in [0.29, 0.717) is 29.3 Å². The molecule has 2 aromatic heterocycles. The molecule has 3 aromatic rings. The lowest BCUT2D eigenvalue weighted by atomic mass is 10.1. The van der Waals surface area contributed by atoms with E-state index in [1.165, 1.54) is 23.6 Å². The third-order valence-corrected chi connectivity index (χ3v) is 6.84. The second-order valence-electron chi connectivity index (χ2n) is 10.6. The SMILES string of the molecule is CC(C)c1nn(-c2noc(C[C@@H]3CCN(C[C@H]4CCCN4)C3)n2)c2c(F)cccc12.O=C(O)C(F)(F)F.O=C(O)C(F)(F)F. The van der Waals surface area contributed by atoms with Crippen molar-refractivity contribution in [1.29, 1.82) is 0 Å². The van der Waals surface area contributed by atoms with Crippen molar-refractivity contribution < 1.29 is 55.1 Å². The number of likely N-dealkylation sites (tertiary alicyclic amines) is 1. The summed E-state index contributed by atoms with van der Waals surface area (Å²) < 4.78 is 85.1. The molecular formula is C26H31F7N6O5. The van der Waals surface area contributed by atoms with Crippen molar-refractivity contribution in [1.82, 2.24) is 30.1 Å². The van der Waals surface area contributed by atoms with Gasteiger partial charge in [0.05, 0.1) is 5.69 Å². The second kappa shape index (κ2) is 14.3. The molecule has 3 N–H and O–H groups in total. The Bertz CT molecular complexity index is 1390. The molecule has 2 aliphatic rings. The number of alkyl halides is 6. The monoisotopic (exact) mass is 640 g/mol. The van der Waals surface area contributed by atoms with E-state index in [1.807, 2.05) is 19.9 Å². The number of hydrogen-bond donors (Lipinski definition) is 3. The summed E-state index contributed by atoms with van der Waals surface area (Å²) in [6.45, 7) is 8.55. The van der Waals surface area contributed by atoms with Crippen LogP contribution < -0.4 is 5.32 Å². The van der Waals surface area contributed by atoms with Crippen LogP contribution in [-0.2, 0) is 16.0 Å². The molecule has 0 amide bonds. The molecular weight excluding hydrogens is 609 g/mol. The molecule has 0 bridgehead atoms. The minimum Gasteiger partial charge on any atom is -0.475 e. The lowest BCUT2D eigenvalue weighted by Crippen LogP contribution is -2.36. The fourth-order valence-corrected chi connectivity index (χ4v) is 4.85. The fraction of sp³-hybridized carbons (Fsp3) is 0.577. The van der Waals surface area contributed by atoms with Crippen molar-refractivity contribution >= 4 is 22.8 Å². The number of carbonyl (C=O) groups is 2. The lowest BCUT2D eigenvalue weighted by Gasteiger charge is -2.20. The number of rotatable bonds is 6. The number of benzene rings is 1. The molecule has 0 saturated carbocycles. The van der Waals surface area contributed by atoms with Crippen molar-refractivity contribution in [2.75, 3.05) is 26.2 Å². The third kappa shape index (κ3) is 9.35. The Balaban J connectivity index is 0.000000317. The first-order valence-electron chi connectivity index (χ1n) is 13.5. The first kappa shape index (κ1) is 34.7. The Kier molecular flexibility index (Phi) is 11.3. The molecule has 2 atom stereocenters. The standard InChI is InChI=1S/C22H29FN6O.2C2HF3O2/c1-14(2)20-17-6-3-7-18(23)21(17)29(26-20)22-25-19(30-27-22)11-15-8-10-28(12-15)13-16-5-4-9-24-16;2*3-2(4,5)1(6)7/h3,6-7,14-16,24H,4-5,8-13H2,1-2H3;2*(H,6,7)/t15-,16+;;/m0../s1. The Labute approximate surface area is 246 Å². The van der Waals surface area contributed by atoms with Crippen LogP contribution in [0, 0.1) is 11.7 Å². The summed E-state index contributed by atoms with van der Waals surface area (Å²) >= 11 is 0. The van der Waals surface area contributed by atoms with Crippen LogP contribution in [-0.4, -0.2) is 91.5 Å². The minimum absolute atomic E-state index is 0.167. The number of halogens is 7. The van der Waals surface area contributed by atoms with Crippen LogP contribution in [0.4, 0.5) is 30.7 Å². The largest absolute Gasteiger partial charge is 0.490 e. The van der Waals surface area contributed by atoms with E-state index < -0.39 is 24.3 Å². The van der Waals surface area contributed by atoms with Gasteiger partial charge in [-0.15, -0.1) is 0 Å². The molecule has 44 heavy (non-hydrogen) atoms. The summed E-state index contributed by atoms with van der Waals surface area (Å²) in [5.41, 5.74) is 1.24. The summed E-state index contributed by atoms with van der Waals surface area (Å²) in [4.78, 5) is 24.9. The quantitative estimate of drug-likeness (QED) is 0.328. The van der Waals surface area contributed by atoms with Gasteiger partial charge >= 0.3 is 24.3 Å². The molecule has 4 heterocycles. The molecule has 5 rings (SSSR count). The average molecular weight is 641 g/mol. The average Bonchev–Trinajstić information content (AvgIpc) is 3.72. The zero-order chi connectivity index (χ0) is 32.8. The summed E-state index contributed by atoms with van der Waals surface area (Å²) in [6, 6.07) is 5.68. The fourth-order valence-electron chi connectivity index (χ4n) is 4.85. The van der Waals surface area contributed by atoms with Gasteiger partial charge in [-0.25, -0.2) is 14.0 Å². The minimum atomic E-state index is -5.08. The van der Waals surface area contributed by atoms with E-state index >= 15 is 0 Å². The van der Waals surface area contributed by atoms with Crippen LogP contribution in [0.5, 0.6) is 0 Å². The van der Waals surface area contributed by atoms with Gasteiger partial charge in [-0.2, -0.15) is 41.1 Å². The number of aromatic nitrogens is 4. The molecule has 0 radical (unpaired) electrons. The van der Waals surface area contributed by atoms with Crippen LogP contribution in [0.3, 0.4) is 0 Å². The molecule has 2 fully saturated rings. The van der Waals surface area contributed by atoms with Gasteiger partial charge in [0.1, 0.15) is 11.3 Å². The predicted molar refractivity (Wildman–Crippen MR) is 140 cm³/mol. The second-order valence-corrected chi connectivity index (χ2v) is 10.6. The number of fused-ring (bicyclic) bond motifs is 1. The summed E-state index contributed by atoms with van der Waals surface area (Å²) in [5.74, 6) is -4.26. The van der Waals surface area contributed by atoms with E-state index in [4.69, 9.17) is 24.3 Å². The maximum Gasteiger partial charge on any atom is 0.490 e. The zero-order valence-corrected chi connectivity index (χ0v) is 23.6. The topological polar surface area (TPSA) is 147 Å².